The first-order valence-electron chi connectivity index (χ1n) is 5.50. The van der Waals surface area contributed by atoms with Gasteiger partial charge < -0.3 is 4.90 Å². The molecule has 0 unspecified atom stereocenters. The molecule has 15 heavy (non-hydrogen) atoms. The maximum Gasteiger partial charge on any atom is 0.128 e. The third-order valence-electron chi connectivity index (χ3n) is 2.45. The molecule has 1 rings (SSSR count). The zero-order valence-electron chi connectivity index (χ0n) is 9.54. The second-order valence-electron chi connectivity index (χ2n) is 3.79. The standard InChI is InChI=1S/C12H19BrN2/c1-3-4-5-8-15(2)12-7-6-11(9-13)10-14-12/h6-7,10H,3-5,8-9H2,1-2H3. The van der Waals surface area contributed by atoms with Crippen molar-refractivity contribution >= 4 is 21.7 Å². The molecule has 84 valence electrons. The summed E-state index contributed by atoms with van der Waals surface area (Å²) in [6.45, 7) is 3.32. The number of aromatic nitrogens is 1. The molecule has 0 radical (unpaired) electrons. The predicted octanol–water partition coefficient (Wildman–Crippen LogP) is 3.60. The van der Waals surface area contributed by atoms with Crippen LogP contribution in [0.5, 0.6) is 0 Å². The number of anilines is 1. The van der Waals surface area contributed by atoms with Gasteiger partial charge in [0.05, 0.1) is 0 Å². The van der Waals surface area contributed by atoms with E-state index in [9.17, 15) is 0 Å². The largest absolute Gasteiger partial charge is 0.360 e. The molecule has 0 bridgehead atoms. The first-order chi connectivity index (χ1) is 7.27. The summed E-state index contributed by atoms with van der Waals surface area (Å²) in [6, 6.07) is 4.20. The second kappa shape index (κ2) is 6.83. The van der Waals surface area contributed by atoms with Crippen molar-refractivity contribution in [2.45, 2.75) is 31.5 Å². The van der Waals surface area contributed by atoms with Crippen LogP contribution in [0.1, 0.15) is 31.7 Å². The minimum atomic E-state index is 0.875. The molecule has 2 nitrogen and oxygen atoms in total. The van der Waals surface area contributed by atoms with E-state index in [1.54, 1.807) is 0 Å². The number of pyridine rings is 1. The highest BCUT2D eigenvalue weighted by Gasteiger charge is 2.01. The third-order valence-corrected chi connectivity index (χ3v) is 3.10. The van der Waals surface area contributed by atoms with Gasteiger partial charge in [0, 0.05) is 25.1 Å². The average molecular weight is 271 g/mol. The van der Waals surface area contributed by atoms with Crippen LogP contribution >= 0.6 is 15.9 Å². The summed E-state index contributed by atoms with van der Waals surface area (Å²) in [5, 5.41) is 0.875. The predicted molar refractivity (Wildman–Crippen MR) is 69.7 cm³/mol. The lowest BCUT2D eigenvalue weighted by Crippen LogP contribution is -2.19. The molecular weight excluding hydrogens is 252 g/mol. The molecule has 0 aliphatic rings. The summed E-state index contributed by atoms with van der Waals surface area (Å²) < 4.78 is 0. The molecule has 0 amide bonds. The summed E-state index contributed by atoms with van der Waals surface area (Å²) in [5.74, 6) is 1.07. The molecule has 0 saturated heterocycles. The Balaban J connectivity index is 2.46. The molecular formula is C12H19BrN2. The summed E-state index contributed by atoms with van der Waals surface area (Å²) in [6.07, 6.45) is 5.74. The van der Waals surface area contributed by atoms with Crippen molar-refractivity contribution in [1.29, 1.82) is 0 Å². The topological polar surface area (TPSA) is 16.1 Å². The van der Waals surface area contributed by atoms with Crippen LogP contribution in [0.2, 0.25) is 0 Å². The van der Waals surface area contributed by atoms with Crippen LogP contribution in [-0.4, -0.2) is 18.6 Å². The van der Waals surface area contributed by atoms with Crippen LogP contribution in [0.4, 0.5) is 5.82 Å². The first-order valence-corrected chi connectivity index (χ1v) is 6.62. The SMILES string of the molecule is CCCCCN(C)c1ccc(CBr)cn1. The molecule has 0 aliphatic heterocycles. The molecule has 1 aromatic rings. The lowest BCUT2D eigenvalue weighted by Gasteiger charge is -2.17. The number of alkyl halides is 1. The van der Waals surface area contributed by atoms with Gasteiger partial charge >= 0.3 is 0 Å². The summed E-state index contributed by atoms with van der Waals surface area (Å²) in [5.41, 5.74) is 1.22. The van der Waals surface area contributed by atoms with Gasteiger partial charge in [-0.05, 0) is 18.1 Å². The van der Waals surface area contributed by atoms with Crippen molar-refractivity contribution in [2.75, 3.05) is 18.5 Å². The molecule has 0 N–H and O–H groups in total. The Morgan fingerprint density at radius 3 is 2.67 bits per heavy atom. The van der Waals surface area contributed by atoms with Crippen molar-refractivity contribution in [3.63, 3.8) is 0 Å². The van der Waals surface area contributed by atoms with Gasteiger partial charge in [-0.2, -0.15) is 0 Å². The minimum absolute atomic E-state index is 0.875. The van der Waals surface area contributed by atoms with Gasteiger partial charge in [0.15, 0.2) is 0 Å². The van der Waals surface area contributed by atoms with Gasteiger partial charge in [-0.1, -0.05) is 41.8 Å². The van der Waals surface area contributed by atoms with E-state index >= 15 is 0 Å². The highest BCUT2D eigenvalue weighted by molar-refractivity contribution is 9.08. The van der Waals surface area contributed by atoms with Gasteiger partial charge in [0.25, 0.3) is 0 Å². The Labute approximate surface area is 101 Å². The molecule has 1 heterocycles. The normalized spacial score (nSPS) is 10.3. The Morgan fingerprint density at radius 1 is 1.33 bits per heavy atom. The van der Waals surface area contributed by atoms with E-state index in [0.717, 1.165) is 17.7 Å². The minimum Gasteiger partial charge on any atom is -0.360 e. The smallest absolute Gasteiger partial charge is 0.128 e. The third kappa shape index (κ3) is 4.20. The van der Waals surface area contributed by atoms with E-state index in [4.69, 9.17) is 0 Å². The fourth-order valence-corrected chi connectivity index (χ4v) is 1.77. The highest BCUT2D eigenvalue weighted by atomic mass is 79.9. The molecule has 0 aliphatic carbocycles. The van der Waals surface area contributed by atoms with Crippen LogP contribution in [0, 0.1) is 0 Å². The average Bonchev–Trinajstić information content (AvgIpc) is 2.29. The van der Waals surface area contributed by atoms with Crippen LogP contribution in [0.25, 0.3) is 0 Å². The second-order valence-corrected chi connectivity index (χ2v) is 4.35. The van der Waals surface area contributed by atoms with Gasteiger partial charge in [-0.15, -0.1) is 0 Å². The van der Waals surface area contributed by atoms with Crippen LogP contribution in [-0.2, 0) is 5.33 Å². The lowest BCUT2D eigenvalue weighted by atomic mass is 10.2. The van der Waals surface area contributed by atoms with E-state index < -0.39 is 0 Å². The molecule has 0 aromatic carbocycles. The zero-order valence-corrected chi connectivity index (χ0v) is 11.1. The van der Waals surface area contributed by atoms with E-state index in [0.29, 0.717) is 0 Å². The quantitative estimate of drug-likeness (QED) is 0.580. The number of halogens is 1. The van der Waals surface area contributed by atoms with E-state index in [1.165, 1.54) is 24.8 Å². The highest BCUT2D eigenvalue weighted by Crippen LogP contribution is 2.12. The Bertz CT molecular complexity index is 271. The zero-order chi connectivity index (χ0) is 11.1. The van der Waals surface area contributed by atoms with E-state index in [1.807, 2.05) is 6.20 Å². The number of nitrogens with zero attached hydrogens (tertiary/aromatic N) is 2. The summed E-state index contributed by atoms with van der Waals surface area (Å²) in [7, 11) is 2.10. The molecule has 3 heteroatoms. The number of hydrogen-bond donors (Lipinski definition) is 0. The van der Waals surface area contributed by atoms with Crippen molar-refractivity contribution in [3.05, 3.63) is 23.9 Å². The maximum atomic E-state index is 4.42. The number of unbranched alkanes of at least 4 members (excludes halogenated alkanes) is 2. The van der Waals surface area contributed by atoms with Crippen molar-refractivity contribution in [1.82, 2.24) is 4.98 Å². The van der Waals surface area contributed by atoms with Gasteiger partial charge in [0.1, 0.15) is 5.82 Å². The Hall–Kier alpha value is -0.570. The summed E-state index contributed by atoms with van der Waals surface area (Å²) in [4.78, 5) is 6.64. The van der Waals surface area contributed by atoms with E-state index in [-0.39, 0.29) is 0 Å². The van der Waals surface area contributed by atoms with Crippen molar-refractivity contribution in [2.24, 2.45) is 0 Å². The molecule has 0 spiro atoms. The lowest BCUT2D eigenvalue weighted by molar-refractivity contribution is 0.701. The Morgan fingerprint density at radius 2 is 2.13 bits per heavy atom. The molecule has 0 fully saturated rings. The van der Waals surface area contributed by atoms with Crippen molar-refractivity contribution in [3.8, 4) is 0 Å². The van der Waals surface area contributed by atoms with Gasteiger partial charge in [0.2, 0.25) is 0 Å². The summed E-state index contributed by atoms with van der Waals surface area (Å²) >= 11 is 3.42. The van der Waals surface area contributed by atoms with Crippen LogP contribution in [0.15, 0.2) is 18.3 Å². The van der Waals surface area contributed by atoms with Crippen molar-refractivity contribution < 1.29 is 0 Å². The fraction of sp³-hybridized carbons (Fsp3) is 0.583. The monoisotopic (exact) mass is 270 g/mol. The fourth-order valence-electron chi connectivity index (χ4n) is 1.44. The van der Waals surface area contributed by atoms with E-state index in [2.05, 4.69) is 51.9 Å². The first kappa shape index (κ1) is 12.5. The van der Waals surface area contributed by atoms with Crippen LogP contribution < -0.4 is 4.90 Å². The van der Waals surface area contributed by atoms with Crippen LogP contribution in [0.3, 0.4) is 0 Å². The number of rotatable bonds is 6. The maximum absolute atomic E-state index is 4.42. The van der Waals surface area contributed by atoms with Gasteiger partial charge in [-0.25, -0.2) is 4.98 Å². The van der Waals surface area contributed by atoms with Gasteiger partial charge in [-0.3, -0.25) is 0 Å². The molecule has 1 aromatic heterocycles. The number of hydrogen-bond acceptors (Lipinski definition) is 2. The molecule has 0 saturated carbocycles. The molecule has 0 atom stereocenters. The Kier molecular flexibility index (Phi) is 5.69.